The highest BCUT2D eigenvalue weighted by Crippen LogP contribution is 2.30. The van der Waals surface area contributed by atoms with Crippen LogP contribution in [0.2, 0.25) is 0 Å². The lowest BCUT2D eigenvalue weighted by atomic mass is 9.80. The lowest BCUT2D eigenvalue weighted by molar-refractivity contribution is -0.268. The molecule has 9 N–H and O–H groups in total. The Kier molecular flexibility index (Phi) is 8.37. The molecule has 10 heteroatoms. The van der Waals surface area contributed by atoms with Gasteiger partial charge in [-0.3, -0.25) is 4.90 Å². The fourth-order valence-electron chi connectivity index (χ4n) is 4.01. The maximum atomic E-state index is 11.0. The number of likely N-dealkylation sites (N-methyl/N-ethyl adjacent to an activating group) is 1. The van der Waals surface area contributed by atoms with Crippen LogP contribution in [0, 0.1) is 0 Å². The van der Waals surface area contributed by atoms with E-state index in [0.717, 1.165) is 6.42 Å². The van der Waals surface area contributed by atoms with Gasteiger partial charge in [0.2, 0.25) is 0 Å². The summed E-state index contributed by atoms with van der Waals surface area (Å²) in [6.07, 6.45) is -3.37. The van der Waals surface area contributed by atoms with Crippen molar-refractivity contribution in [2.75, 3.05) is 27.3 Å². The van der Waals surface area contributed by atoms with Crippen LogP contribution in [0.1, 0.15) is 19.8 Å². The van der Waals surface area contributed by atoms with E-state index in [0.29, 0.717) is 13.0 Å². The molecule has 0 aromatic carbocycles. The van der Waals surface area contributed by atoms with E-state index in [-0.39, 0.29) is 24.8 Å². The first-order valence-electron chi connectivity index (χ1n) is 9.50. The summed E-state index contributed by atoms with van der Waals surface area (Å²) >= 11 is 0. The summed E-state index contributed by atoms with van der Waals surface area (Å²) in [7, 11) is 3.17. The van der Waals surface area contributed by atoms with Crippen molar-refractivity contribution in [2.45, 2.75) is 80.7 Å². The number of nitrogens with zero attached hydrogens (tertiary/aromatic N) is 1. The van der Waals surface area contributed by atoms with Crippen molar-refractivity contribution in [3.63, 3.8) is 0 Å². The minimum absolute atomic E-state index is 0.101. The predicted octanol–water partition coefficient (Wildman–Crippen LogP) is -3.08. The van der Waals surface area contributed by atoms with Crippen LogP contribution in [-0.2, 0) is 14.2 Å². The van der Waals surface area contributed by atoms with E-state index in [1.54, 1.807) is 11.9 Å². The largest absolute Gasteiger partial charge is 0.395 e. The minimum Gasteiger partial charge on any atom is -0.395 e. The molecule has 1 saturated carbocycles. The van der Waals surface area contributed by atoms with Crippen molar-refractivity contribution in [1.82, 2.24) is 4.90 Å². The molecule has 0 spiro atoms. The second-order valence-electron chi connectivity index (χ2n) is 7.70. The van der Waals surface area contributed by atoms with Crippen molar-refractivity contribution >= 4 is 0 Å². The number of methoxy groups -OCH3 is 1. The molecular formula is C17H36N4O6. The van der Waals surface area contributed by atoms with Gasteiger partial charge in [-0.15, -0.1) is 0 Å². The lowest BCUT2D eigenvalue weighted by Crippen LogP contribution is -2.72. The summed E-state index contributed by atoms with van der Waals surface area (Å²) in [5.74, 6) is 0. The molecule has 0 bridgehead atoms. The topological polar surface area (TPSA) is 170 Å². The smallest absolute Gasteiger partial charge is 0.173 e. The fourth-order valence-corrected chi connectivity index (χ4v) is 4.01. The number of hydrogen-bond donors (Lipinski definition) is 6. The fraction of sp³-hybridized carbons (Fsp3) is 1.00. The number of aliphatic hydroxyl groups excluding tert-OH is 3. The molecule has 1 aliphatic carbocycles. The van der Waals surface area contributed by atoms with Gasteiger partial charge in [0.1, 0.15) is 12.2 Å². The Labute approximate surface area is 160 Å². The summed E-state index contributed by atoms with van der Waals surface area (Å²) in [4.78, 5) is 1.72. The summed E-state index contributed by atoms with van der Waals surface area (Å²) in [5, 5.41) is 30.8. The Hall–Kier alpha value is -0.400. The van der Waals surface area contributed by atoms with E-state index in [4.69, 9.17) is 31.4 Å². The first-order valence-corrected chi connectivity index (χ1v) is 9.50. The quantitative estimate of drug-likeness (QED) is 0.261. The SMILES string of the molecule is COC1C(O)C(N)C(OC2OC(C(C)N)CCC2N)C(O)C1N(C)CCO. The van der Waals surface area contributed by atoms with Crippen molar-refractivity contribution in [1.29, 1.82) is 0 Å². The van der Waals surface area contributed by atoms with Crippen LogP contribution in [-0.4, -0.2) is 109 Å². The van der Waals surface area contributed by atoms with Crippen LogP contribution in [0.15, 0.2) is 0 Å². The molecule has 27 heavy (non-hydrogen) atoms. The highest BCUT2D eigenvalue weighted by atomic mass is 16.7. The summed E-state index contributed by atoms with van der Waals surface area (Å²) in [6.45, 7) is 2.05. The summed E-state index contributed by atoms with van der Waals surface area (Å²) in [6, 6.07) is -2.08. The number of aliphatic hydroxyl groups is 3. The van der Waals surface area contributed by atoms with Gasteiger partial charge in [-0.05, 0) is 26.8 Å². The van der Waals surface area contributed by atoms with Gasteiger partial charge in [-0.25, -0.2) is 0 Å². The van der Waals surface area contributed by atoms with Gasteiger partial charge < -0.3 is 46.7 Å². The second-order valence-corrected chi connectivity index (χ2v) is 7.70. The molecule has 1 aliphatic heterocycles. The molecule has 0 aromatic heterocycles. The van der Waals surface area contributed by atoms with Crippen molar-refractivity contribution in [3.8, 4) is 0 Å². The monoisotopic (exact) mass is 392 g/mol. The van der Waals surface area contributed by atoms with Crippen LogP contribution >= 0.6 is 0 Å². The highest BCUT2D eigenvalue weighted by molar-refractivity contribution is 5.06. The number of hydrogen-bond acceptors (Lipinski definition) is 10. The van der Waals surface area contributed by atoms with Crippen LogP contribution in [0.4, 0.5) is 0 Å². The number of ether oxygens (including phenoxy) is 3. The first kappa shape index (κ1) is 22.9. The van der Waals surface area contributed by atoms with Gasteiger partial charge in [0.05, 0.1) is 43.0 Å². The zero-order valence-electron chi connectivity index (χ0n) is 16.3. The minimum atomic E-state index is -1.07. The lowest BCUT2D eigenvalue weighted by Gasteiger charge is -2.50. The van der Waals surface area contributed by atoms with Crippen molar-refractivity contribution in [3.05, 3.63) is 0 Å². The van der Waals surface area contributed by atoms with E-state index >= 15 is 0 Å². The third kappa shape index (κ3) is 4.96. The molecule has 1 saturated heterocycles. The summed E-state index contributed by atoms with van der Waals surface area (Å²) in [5.41, 5.74) is 18.2. The predicted molar refractivity (Wildman–Crippen MR) is 98.7 cm³/mol. The average Bonchev–Trinajstić information content (AvgIpc) is 2.62. The average molecular weight is 392 g/mol. The normalized spacial score (nSPS) is 44.4. The van der Waals surface area contributed by atoms with E-state index in [9.17, 15) is 15.3 Å². The Balaban J connectivity index is 2.18. The second kappa shape index (κ2) is 9.88. The maximum Gasteiger partial charge on any atom is 0.173 e. The molecule has 0 amide bonds. The van der Waals surface area contributed by atoms with Gasteiger partial charge in [-0.2, -0.15) is 0 Å². The molecule has 2 rings (SSSR count). The molecule has 2 aliphatic rings. The van der Waals surface area contributed by atoms with Gasteiger partial charge in [0.15, 0.2) is 6.29 Å². The van der Waals surface area contributed by atoms with Gasteiger partial charge in [-0.1, -0.05) is 0 Å². The van der Waals surface area contributed by atoms with E-state index < -0.39 is 42.8 Å². The third-order valence-corrected chi connectivity index (χ3v) is 5.69. The first-order chi connectivity index (χ1) is 12.7. The Bertz CT molecular complexity index is 459. The molecule has 1 heterocycles. The van der Waals surface area contributed by atoms with Crippen molar-refractivity contribution in [2.24, 2.45) is 17.2 Å². The molecule has 160 valence electrons. The van der Waals surface area contributed by atoms with E-state index in [2.05, 4.69) is 0 Å². The van der Waals surface area contributed by atoms with Gasteiger partial charge in [0, 0.05) is 19.7 Å². The van der Waals surface area contributed by atoms with Crippen LogP contribution in [0.3, 0.4) is 0 Å². The molecule has 10 unspecified atom stereocenters. The maximum absolute atomic E-state index is 11.0. The molecular weight excluding hydrogens is 356 g/mol. The molecule has 2 fully saturated rings. The van der Waals surface area contributed by atoms with E-state index in [1.807, 2.05) is 6.92 Å². The van der Waals surface area contributed by atoms with Crippen LogP contribution < -0.4 is 17.2 Å². The number of nitrogens with two attached hydrogens (primary N) is 3. The third-order valence-electron chi connectivity index (χ3n) is 5.69. The molecule has 0 radical (unpaired) electrons. The van der Waals surface area contributed by atoms with E-state index in [1.165, 1.54) is 7.11 Å². The zero-order valence-corrected chi connectivity index (χ0v) is 16.3. The number of rotatable bonds is 7. The van der Waals surface area contributed by atoms with Gasteiger partial charge in [0.25, 0.3) is 0 Å². The van der Waals surface area contributed by atoms with Crippen LogP contribution in [0.5, 0.6) is 0 Å². The van der Waals surface area contributed by atoms with Gasteiger partial charge >= 0.3 is 0 Å². The Morgan fingerprint density at radius 2 is 1.85 bits per heavy atom. The molecule has 10 nitrogen and oxygen atoms in total. The highest BCUT2D eigenvalue weighted by Gasteiger charge is 2.52. The summed E-state index contributed by atoms with van der Waals surface area (Å²) < 4.78 is 17.3. The Morgan fingerprint density at radius 1 is 1.19 bits per heavy atom. The standard InChI is InChI=1S/C17H36N4O6/c1-8(18)10-5-4-9(19)17(26-10)27-15-11(20)13(23)16(25-3)12(14(15)24)21(2)6-7-22/h8-17,22-24H,4-7,18-20H2,1-3H3. The molecule has 0 aromatic rings. The molecule has 10 atom stereocenters. The van der Waals surface area contributed by atoms with Crippen LogP contribution in [0.25, 0.3) is 0 Å². The zero-order chi connectivity index (χ0) is 20.3. The Morgan fingerprint density at radius 3 is 2.41 bits per heavy atom. The van der Waals surface area contributed by atoms with Crippen molar-refractivity contribution < 1.29 is 29.5 Å².